The molecule has 2 N–H and O–H groups in total. The van der Waals surface area contributed by atoms with Crippen LogP contribution in [0.4, 0.5) is 5.69 Å². The number of aryl methyl sites for hydroxylation is 1. The Morgan fingerprint density at radius 1 is 1.16 bits per heavy atom. The van der Waals surface area contributed by atoms with Gasteiger partial charge in [-0.3, -0.25) is 4.98 Å². The first kappa shape index (κ1) is 12.0. The van der Waals surface area contributed by atoms with E-state index in [1.54, 1.807) is 12.4 Å². The van der Waals surface area contributed by atoms with Gasteiger partial charge in [0.25, 0.3) is 0 Å². The Bertz CT molecular complexity index is 776. The normalized spacial score (nSPS) is 11.1. The van der Waals surface area contributed by atoms with E-state index in [4.69, 9.17) is 17.3 Å². The van der Waals surface area contributed by atoms with Crippen molar-refractivity contribution in [3.63, 3.8) is 0 Å². The molecule has 1 aromatic carbocycles. The smallest absolute Gasteiger partial charge is 0.0848 e. The third-order valence-corrected chi connectivity index (χ3v) is 3.81. The van der Waals surface area contributed by atoms with Crippen LogP contribution >= 0.6 is 11.6 Å². The summed E-state index contributed by atoms with van der Waals surface area (Å²) in [4.78, 5) is 4.12. The highest BCUT2D eigenvalue weighted by Gasteiger charge is 2.13. The molecule has 96 valence electrons. The number of rotatable bonds is 1. The predicted molar refractivity (Wildman–Crippen MR) is 77.8 cm³/mol. The van der Waals surface area contributed by atoms with Crippen molar-refractivity contribution in [3.8, 4) is 5.69 Å². The van der Waals surface area contributed by atoms with Crippen molar-refractivity contribution in [2.75, 3.05) is 5.73 Å². The number of anilines is 1. The van der Waals surface area contributed by atoms with Gasteiger partial charge in [-0.2, -0.15) is 5.10 Å². The Morgan fingerprint density at radius 2 is 1.95 bits per heavy atom. The van der Waals surface area contributed by atoms with E-state index in [0.717, 1.165) is 27.8 Å². The summed E-state index contributed by atoms with van der Waals surface area (Å²) in [5.74, 6) is 0. The van der Waals surface area contributed by atoms with E-state index < -0.39 is 0 Å². The molecule has 0 aliphatic carbocycles. The minimum atomic E-state index is 0.694. The minimum Gasteiger partial charge on any atom is -0.398 e. The van der Waals surface area contributed by atoms with Crippen molar-refractivity contribution in [2.45, 2.75) is 13.8 Å². The van der Waals surface area contributed by atoms with Crippen LogP contribution in [0.15, 0.2) is 30.6 Å². The van der Waals surface area contributed by atoms with Gasteiger partial charge in [0, 0.05) is 28.9 Å². The molecule has 4 nitrogen and oxygen atoms in total. The Labute approximate surface area is 115 Å². The number of fused-ring (bicyclic) bond motifs is 1. The second-order valence-corrected chi connectivity index (χ2v) is 4.87. The van der Waals surface area contributed by atoms with Gasteiger partial charge in [-0.05, 0) is 32.0 Å². The van der Waals surface area contributed by atoms with Crippen LogP contribution in [0.2, 0.25) is 5.02 Å². The Hall–Kier alpha value is -2.07. The average Bonchev–Trinajstić information content (AvgIpc) is 2.67. The molecule has 0 bridgehead atoms. The van der Waals surface area contributed by atoms with Crippen LogP contribution in [0, 0.1) is 13.8 Å². The first-order chi connectivity index (χ1) is 9.09. The number of halogens is 1. The van der Waals surface area contributed by atoms with Crippen molar-refractivity contribution in [3.05, 3.63) is 47.0 Å². The number of hydrogen-bond donors (Lipinski definition) is 1. The van der Waals surface area contributed by atoms with E-state index in [2.05, 4.69) is 10.1 Å². The molecule has 0 unspecified atom stereocenters. The number of hydrogen-bond acceptors (Lipinski definition) is 3. The van der Waals surface area contributed by atoms with Gasteiger partial charge < -0.3 is 5.73 Å². The fourth-order valence-electron chi connectivity index (χ4n) is 2.24. The summed E-state index contributed by atoms with van der Waals surface area (Å²) < 4.78 is 1.85. The standard InChI is InChI=1S/C14H13ClN4/c1-8-14(15)9(2)19(18-8)13-4-3-12(16)11-7-17-6-5-10(11)13/h3-7H,16H2,1-2H3. The average molecular weight is 273 g/mol. The zero-order valence-corrected chi connectivity index (χ0v) is 11.4. The van der Waals surface area contributed by atoms with Crippen LogP contribution < -0.4 is 5.73 Å². The lowest BCUT2D eigenvalue weighted by Crippen LogP contribution is -2.01. The predicted octanol–water partition coefficient (Wildman–Crippen LogP) is 3.27. The van der Waals surface area contributed by atoms with Crippen molar-refractivity contribution in [2.24, 2.45) is 0 Å². The zero-order valence-electron chi connectivity index (χ0n) is 10.7. The highest BCUT2D eigenvalue weighted by atomic mass is 35.5. The number of nitrogen functional groups attached to an aromatic ring is 1. The first-order valence-corrected chi connectivity index (χ1v) is 6.31. The summed E-state index contributed by atoms with van der Waals surface area (Å²) in [7, 11) is 0. The van der Waals surface area contributed by atoms with Crippen LogP contribution in [0.25, 0.3) is 16.5 Å². The summed E-state index contributed by atoms with van der Waals surface area (Å²) in [6, 6.07) is 5.75. The summed E-state index contributed by atoms with van der Waals surface area (Å²) in [5.41, 5.74) is 9.38. The third-order valence-electron chi connectivity index (χ3n) is 3.26. The number of nitrogens with zero attached hydrogens (tertiary/aromatic N) is 3. The topological polar surface area (TPSA) is 56.7 Å². The van der Waals surface area contributed by atoms with Crippen molar-refractivity contribution >= 4 is 28.1 Å². The lowest BCUT2D eigenvalue weighted by Gasteiger charge is -2.10. The molecule has 0 spiro atoms. The number of pyridine rings is 1. The van der Waals surface area contributed by atoms with Gasteiger partial charge >= 0.3 is 0 Å². The maximum absolute atomic E-state index is 6.21. The SMILES string of the molecule is Cc1nn(-c2ccc(N)c3cnccc23)c(C)c1Cl. The molecule has 3 aromatic rings. The second-order valence-electron chi connectivity index (χ2n) is 4.49. The van der Waals surface area contributed by atoms with Crippen LogP contribution in [0.3, 0.4) is 0 Å². The molecule has 5 heteroatoms. The molecule has 2 heterocycles. The quantitative estimate of drug-likeness (QED) is 0.692. The molecule has 0 radical (unpaired) electrons. The largest absolute Gasteiger partial charge is 0.398 e. The van der Waals surface area contributed by atoms with Gasteiger partial charge in [0.2, 0.25) is 0 Å². The molecule has 3 rings (SSSR count). The molecule has 0 atom stereocenters. The van der Waals surface area contributed by atoms with E-state index >= 15 is 0 Å². The van der Waals surface area contributed by atoms with Crippen molar-refractivity contribution < 1.29 is 0 Å². The van der Waals surface area contributed by atoms with Gasteiger partial charge in [0.15, 0.2) is 0 Å². The van der Waals surface area contributed by atoms with Gasteiger partial charge in [-0.1, -0.05) is 11.6 Å². The van der Waals surface area contributed by atoms with E-state index in [9.17, 15) is 0 Å². The summed E-state index contributed by atoms with van der Waals surface area (Å²) in [6.45, 7) is 3.85. The van der Waals surface area contributed by atoms with E-state index in [0.29, 0.717) is 10.7 Å². The fourth-order valence-corrected chi connectivity index (χ4v) is 2.36. The lowest BCUT2D eigenvalue weighted by molar-refractivity contribution is 0.839. The van der Waals surface area contributed by atoms with Crippen molar-refractivity contribution in [1.29, 1.82) is 0 Å². The Morgan fingerprint density at radius 3 is 2.63 bits per heavy atom. The summed E-state index contributed by atoms with van der Waals surface area (Å²) >= 11 is 6.21. The third kappa shape index (κ3) is 1.76. The highest BCUT2D eigenvalue weighted by molar-refractivity contribution is 6.31. The number of nitrogens with two attached hydrogens (primary N) is 1. The van der Waals surface area contributed by atoms with Gasteiger partial charge in [-0.25, -0.2) is 4.68 Å². The highest BCUT2D eigenvalue weighted by Crippen LogP contribution is 2.29. The van der Waals surface area contributed by atoms with E-state index in [1.807, 2.05) is 36.7 Å². The van der Waals surface area contributed by atoms with Crippen LogP contribution in [-0.2, 0) is 0 Å². The zero-order chi connectivity index (χ0) is 13.6. The Balaban J connectivity index is 2.37. The van der Waals surface area contributed by atoms with Crippen LogP contribution in [0.1, 0.15) is 11.4 Å². The fraction of sp³-hybridized carbons (Fsp3) is 0.143. The molecule has 0 fully saturated rings. The number of benzene rings is 1. The molecule has 2 aromatic heterocycles. The lowest BCUT2D eigenvalue weighted by atomic mass is 10.1. The van der Waals surface area contributed by atoms with Crippen LogP contribution in [-0.4, -0.2) is 14.8 Å². The summed E-state index contributed by atoms with van der Waals surface area (Å²) in [5, 5.41) is 7.11. The van der Waals surface area contributed by atoms with E-state index in [-0.39, 0.29) is 0 Å². The van der Waals surface area contributed by atoms with Gasteiger partial charge in [0.05, 0.1) is 22.1 Å². The van der Waals surface area contributed by atoms with Gasteiger partial charge in [0.1, 0.15) is 0 Å². The molecule has 0 amide bonds. The number of aromatic nitrogens is 3. The first-order valence-electron chi connectivity index (χ1n) is 5.94. The van der Waals surface area contributed by atoms with E-state index in [1.165, 1.54) is 0 Å². The van der Waals surface area contributed by atoms with Crippen molar-refractivity contribution in [1.82, 2.24) is 14.8 Å². The molecular weight excluding hydrogens is 260 g/mol. The molecule has 0 aliphatic rings. The molecule has 0 saturated heterocycles. The molecule has 0 aliphatic heterocycles. The monoisotopic (exact) mass is 272 g/mol. The molecular formula is C14H13ClN4. The van der Waals surface area contributed by atoms with Crippen LogP contribution in [0.5, 0.6) is 0 Å². The Kier molecular flexibility index (Phi) is 2.68. The van der Waals surface area contributed by atoms with Gasteiger partial charge in [-0.15, -0.1) is 0 Å². The maximum Gasteiger partial charge on any atom is 0.0848 e. The molecule has 0 saturated carbocycles. The molecule has 19 heavy (non-hydrogen) atoms. The summed E-state index contributed by atoms with van der Waals surface area (Å²) in [6.07, 6.45) is 3.51. The maximum atomic E-state index is 6.21. The second kappa shape index (κ2) is 4.24. The minimum absolute atomic E-state index is 0.694.